The zero-order chi connectivity index (χ0) is 9.97. The molecule has 3 nitrogen and oxygen atoms in total. The Hall–Kier alpha value is -1.42. The summed E-state index contributed by atoms with van der Waals surface area (Å²) < 4.78 is 2.72. The average Bonchev–Trinajstić information content (AvgIpc) is 2.47. The molecule has 0 saturated heterocycles. The van der Waals surface area contributed by atoms with Gasteiger partial charge in [-0.3, -0.25) is 4.98 Å². The van der Waals surface area contributed by atoms with Crippen molar-refractivity contribution in [2.45, 2.75) is 13.5 Å². The Bertz CT molecular complexity index is 470. The van der Waals surface area contributed by atoms with Crippen LogP contribution in [0.15, 0.2) is 30.6 Å². The molecule has 2 heterocycles. The molecule has 2 rings (SSSR count). The minimum Gasteiger partial charge on any atom is -0.335 e. The van der Waals surface area contributed by atoms with Crippen molar-refractivity contribution in [1.82, 2.24) is 14.5 Å². The first-order valence-electron chi connectivity index (χ1n) is 4.41. The number of hydrogen-bond donors (Lipinski definition) is 1. The van der Waals surface area contributed by atoms with E-state index in [1.807, 2.05) is 35.9 Å². The molecule has 0 atom stereocenters. The van der Waals surface area contributed by atoms with Gasteiger partial charge in [0.1, 0.15) is 0 Å². The normalized spacial score (nSPS) is 10.4. The molecule has 14 heavy (non-hydrogen) atoms. The van der Waals surface area contributed by atoms with Gasteiger partial charge in [0.05, 0.1) is 12.2 Å². The highest BCUT2D eigenvalue weighted by Gasteiger charge is 1.98. The Morgan fingerprint density at radius 3 is 2.93 bits per heavy atom. The van der Waals surface area contributed by atoms with Crippen LogP contribution in [0, 0.1) is 11.7 Å². The van der Waals surface area contributed by atoms with E-state index in [1.165, 1.54) is 0 Å². The van der Waals surface area contributed by atoms with E-state index in [0.29, 0.717) is 0 Å². The van der Waals surface area contributed by atoms with Crippen molar-refractivity contribution in [1.29, 1.82) is 0 Å². The standard InChI is InChI=1S/C10H11N3S/c1-8-6-13(10(14)12-8)7-9-4-2-3-5-11-9/h2-6H,7H2,1H3,(H,12,14). The second-order valence-electron chi connectivity index (χ2n) is 3.19. The van der Waals surface area contributed by atoms with Crippen LogP contribution in [0.4, 0.5) is 0 Å². The Balaban J connectivity index is 2.28. The summed E-state index contributed by atoms with van der Waals surface area (Å²) in [5, 5.41) is 0. The molecule has 0 aliphatic carbocycles. The highest BCUT2D eigenvalue weighted by atomic mass is 32.1. The highest BCUT2D eigenvalue weighted by Crippen LogP contribution is 2.02. The third-order valence-electron chi connectivity index (χ3n) is 1.97. The van der Waals surface area contributed by atoms with Gasteiger partial charge in [0.15, 0.2) is 4.77 Å². The molecule has 0 aliphatic rings. The summed E-state index contributed by atoms with van der Waals surface area (Å²) >= 11 is 5.15. The molecule has 0 aromatic carbocycles. The van der Waals surface area contributed by atoms with Crippen LogP contribution in [0.1, 0.15) is 11.4 Å². The van der Waals surface area contributed by atoms with Crippen LogP contribution in [-0.4, -0.2) is 14.5 Å². The van der Waals surface area contributed by atoms with Gasteiger partial charge in [-0.15, -0.1) is 0 Å². The minimum absolute atomic E-state index is 0.726. The largest absolute Gasteiger partial charge is 0.335 e. The number of pyridine rings is 1. The summed E-state index contributed by atoms with van der Waals surface area (Å²) in [6, 6.07) is 5.88. The van der Waals surface area contributed by atoms with Gasteiger partial charge in [0.2, 0.25) is 0 Å². The summed E-state index contributed by atoms with van der Waals surface area (Å²) in [7, 11) is 0. The van der Waals surface area contributed by atoms with Crippen LogP contribution in [-0.2, 0) is 6.54 Å². The van der Waals surface area contributed by atoms with Crippen LogP contribution in [0.2, 0.25) is 0 Å². The summed E-state index contributed by atoms with van der Waals surface area (Å²) in [5.74, 6) is 0. The molecule has 0 unspecified atom stereocenters. The third-order valence-corrected chi connectivity index (χ3v) is 2.31. The smallest absolute Gasteiger partial charge is 0.177 e. The first-order chi connectivity index (χ1) is 6.75. The molecule has 0 bridgehead atoms. The first-order valence-corrected chi connectivity index (χ1v) is 4.82. The number of nitrogens with one attached hydrogen (secondary N) is 1. The summed E-state index contributed by atoms with van der Waals surface area (Å²) in [6.45, 7) is 2.72. The van der Waals surface area contributed by atoms with Crippen molar-refractivity contribution in [3.05, 3.63) is 46.8 Å². The average molecular weight is 205 g/mol. The fraction of sp³-hybridized carbons (Fsp3) is 0.200. The van der Waals surface area contributed by atoms with Crippen LogP contribution in [0.3, 0.4) is 0 Å². The van der Waals surface area contributed by atoms with E-state index in [9.17, 15) is 0 Å². The minimum atomic E-state index is 0.726. The SMILES string of the molecule is Cc1cn(Cc2ccccn2)c(=S)[nH]1. The van der Waals surface area contributed by atoms with Crippen LogP contribution in [0.5, 0.6) is 0 Å². The molecule has 0 spiro atoms. The molecule has 0 fully saturated rings. The molecule has 0 radical (unpaired) electrons. The Morgan fingerprint density at radius 2 is 2.36 bits per heavy atom. The van der Waals surface area contributed by atoms with E-state index in [1.54, 1.807) is 6.20 Å². The molecule has 0 saturated carbocycles. The first kappa shape index (κ1) is 9.15. The zero-order valence-corrected chi connectivity index (χ0v) is 8.71. The van der Waals surface area contributed by atoms with E-state index >= 15 is 0 Å². The quantitative estimate of drug-likeness (QED) is 0.763. The lowest BCUT2D eigenvalue weighted by atomic mass is 10.3. The molecule has 0 amide bonds. The Labute approximate surface area is 87.4 Å². The lowest BCUT2D eigenvalue weighted by Crippen LogP contribution is -1.99. The maximum atomic E-state index is 5.15. The van der Waals surface area contributed by atoms with Crippen LogP contribution in [0.25, 0.3) is 0 Å². The monoisotopic (exact) mass is 205 g/mol. The second kappa shape index (κ2) is 3.75. The number of hydrogen-bond acceptors (Lipinski definition) is 2. The van der Waals surface area contributed by atoms with Crippen LogP contribution < -0.4 is 0 Å². The van der Waals surface area contributed by atoms with Crippen molar-refractivity contribution < 1.29 is 0 Å². The topological polar surface area (TPSA) is 33.6 Å². The maximum absolute atomic E-state index is 5.15. The van der Waals surface area contributed by atoms with Gasteiger partial charge < -0.3 is 9.55 Å². The predicted molar refractivity (Wildman–Crippen MR) is 57.7 cm³/mol. The third kappa shape index (κ3) is 1.90. The van der Waals surface area contributed by atoms with Crippen molar-refractivity contribution >= 4 is 12.2 Å². The summed E-state index contributed by atoms with van der Waals surface area (Å²) in [5.41, 5.74) is 2.09. The molecular formula is C10H11N3S. The number of nitrogens with zero attached hydrogens (tertiary/aromatic N) is 2. The molecule has 2 aromatic rings. The zero-order valence-electron chi connectivity index (χ0n) is 7.90. The number of aromatic nitrogens is 3. The summed E-state index contributed by atoms with van der Waals surface area (Å²) in [6.07, 6.45) is 3.79. The van der Waals surface area contributed by atoms with Gasteiger partial charge in [-0.25, -0.2) is 0 Å². The Morgan fingerprint density at radius 1 is 1.50 bits per heavy atom. The van der Waals surface area contributed by atoms with Gasteiger partial charge in [0.25, 0.3) is 0 Å². The highest BCUT2D eigenvalue weighted by molar-refractivity contribution is 7.71. The molecule has 0 aliphatic heterocycles. The molecule has 4 heteroatoms. The molecule has 72 valence electrons. The van der Waals surface area contributed by atoms with Gasteiger partial charge in [0, 0.05) is 18.1 Å². The van der Waals surface area contributed by atoms with E-state index < -0.39 is 0 Å². The lowest BCUT2D eigenvalue weighted by molar-refractivity contribution is 0.761. The fourth-order valence-corrected chi connectivity index (χ4v) is 1.63. The molecule has 1 N–H and O–H groups in total. The second-order valence-corrected chi connectivity index (χ2v) is 3.58. The van der Waals surface area contributed by atoms with E-state index in [2.05, 4.69) is 9.97 Å². The van der Waals surface area contributed by atoms with E-state index in [0.717, 1.165) is 22.7 Å². The van der Waals surface area contributed by atoms with Gasteiger partial charge in [-0.1, -0.05) is 6.07 Å². The predicted octanol–water partition coefficient (Wildman–Crippen LogP) is 2.30. The Kier molecular flexibility index (Phi) is 2.45. The lowest BCUT2D eigenvalue weighted by Gasteiger charge is -2.00. The van der Waals surface area contributed by atoms with Gasteiger partial charge in [-0.05, 0) is 31.3 Å². The number of H-pyrrole nitrogens is 1. The van der Waals surface area contributed by atoms with Crippen molar-refractivity contribution in [3.8, 4) is 0 Å². The maximum Gasteiger partial charge on any atom is 0.177 e. The van der Waals surface area contributed by atoms with Crippen molar-refractivity contribution in [2.24, 2.45) is 0 Å². The number of aryl methyl sites for hydroxylation is 1. The van der Waals surface area contributed by atoms with Gasteiger partial charge in [-0.2, -0.15) is 0 Å². The summed E-state index contributed by atoms with van der Waals surface area (Å²) in [4.78, 5) is 7.32. The van der Waals surface area contributed by atoms with Crippen LogP contribution >= 0.6 is 12.2 Å². The van der Waals surface area contributed by atoms with Crippen molar-refractivity contribution in [2.75, 3.05) is 0 Å². The van der Waals surface area contributed by atoms with Gasteiger partial charge >= 0.3 is 0 Å². The van der Waals surface area contributed by atoms with Crippen molar-refractivity contribution in [3.63, 3.8) is 0 Å². The number of aromatic amines is 1. The molecular weight excluding hydrogens is 194 g/mol. The fourth-order valence-electron chi connectivity index (χ4n) is 1.35. The number of imidazole rings is 1. The van der Waals surface area contributed by atoms with E-state index in [4.69, 9.17) is 12.2 Å². The number of rotatable bonds is 2. The van der Waals surface area contributed by atoms with E-state index in [-0.39, 0.29) is 0 Å². The molecule has 2 aromatic heterocycles.